The number of nitrogens with zero attached hydrogens (tertiary/aromatic N) is 2. The van der Waals surface area contributed by atoms with Crippen LogP contribution in [-0.4, -0.2) is 42.7 Å². The molecule has 3 aromatic rings. The monoisotopic (exact) mass is 551 g/mol. The van der Waals surface area contributed by atoms with Crippen molar-refractivity contribution in [3.8, 4) is 11.1 Å². The van der Waals surface area contributed by atoms with Crippen LogP contribution in [-0.2, 0) is 12.7 Å². The number of aromatic nitrogens is 1. The van der Waals surface area contributed by atoms with Crippen LogP contribution in [0.2, 0.25) is 0 Å². The largest absolute Gasteiger partial charge is 0.416 e. The second-order valence-corrected chi connectivity index (χ2v) is 11.0. The number of hydrogen-bond acceptors (Lipinski definition) is 5. The molecule has 1 aliphatic carbocycles. The van der Waals surface area contributed by atoms with Crippen LogP contribution in [0.4, 0.5) is 24.7 Å². The van der Waals surface area contributed by atoms with Gasteiger partial charge in [0.1, 0.15) is 5.82 Å². The van der Waals surface area contributed by atoms with E-state index in [-0.39, 0.29) is 6.04 Å². The number of nitrogens with one attached hydrogen (secondary N) is 3. The smallest absolute Gasteiger partial charge is 0.370 e. The third-order valence-electron chi connectivity index (χ3n) is 8.13. The Bertz CT molecular complexity index is 1230. The summed E-state index contributed by atoms with van der Waals surface area (Å²) in [5, 5.41) is 11.0. The van der Waals surface area contributed by atoms with E-state index in [0.717, 1.165) is 68.9 Å². The van der Waals surface area contributed by atoms with Crippen molar-refractivity contribution in [2.45, 2.75) is 76.3 Å². The Kier molecular flexibility index (Phi) is 9.27. The van der Waals surface area contributed by atoms with Crippen LogP contribution in [0.25, 0.3) is 11.1 Å². The summed E-state index contributed by atoms with van der Waals surface area (Å²) < 4.78 is 39.0. The summed E-state index contributed by atoms with van der Waals surface area (Å²) in [7, 11) is 0. The number of pyridine rings is 1. The first-order chi connectivity index (χ1) is 19.4. The Labute approximate surface area is 235 Å². The zero-order valence-electron chi connectivity index (χ0n) is 23.2. The van der Waals surface area contributed by atoms with Gasteiger partial charge < -0.3 is 20.9 Å². The van der Waals surface area contributed by atoms with E-state index in [1.807, 2.05) is 6.20 Å². The predicted molar refractivity (Wildman–Crippen MR) is 157 cm³/mol. The fraction of sp³-hybridized carbons (Fsp3) is 0.469. The lowest BCUT2D eigenvalue weighted by molar-refractivity contribution is -0.137. The molecule has 8 heteroatoms. The molecule has 0 radical (unpaired) electrons. The van der Waals surface area contributed by atoms with Crippen molar-refractivity contribution in [2.24, 2.45) is 0 Å². The number of piperidine rings is 1. The average Bonchev–Trinajstić information content (AvgIpc) is 2.97. The molecule has 3 atom stereocenters. The molecule has 0 unspecified atom stereocenters. The molecule has 5 rings (SSSR count). The maximum atomic E-state index is 13.0. The standard InChI is InChI=1S/C32H40F3N5/c1-2-36-21-23-7-5-8-24(19-23)25-16-17-37-31(20-25)39-30-11-4-3-10-29(30)38-27-9-6-18-40(22-27)28-14-12-26(13-15-28)32(33,34)35/h5,7-8,12-17,19-20,27,29-30,36,38H,2-4,6,9-11,18,21-22H2,1H3,(H,37,39)/t27-,29+,30+/m0/s1. The van der Waals surface area contributed by atoms with Gasteiger partial charge in [0.25, 0.3) is 0 Å². The molecular weight excluding hydrogens is 511 g/mol. The molecule has 0 amide bonds. The van der Waals surface area contributed by atoms with Gasteiger partial charge in [0, 0.05) is 49.6 Å². The summed E-state index contributed by atoms with van der Waals surface area (Å²) in [6.45, 7) is 5.57. The van der Waals surface area contributed by atoms with Gasteiger partial charge in [0.2, 0.25) is 0 Å². The lowest BCUT2D eigenvalue weighted by Crippen LogP contribution is -2.55. The van der Waals surface area contributed by atoms with E-state index in [0.29, 0.717) is 12.1 Å². The summed E-state index contributed by atoms with van der Waals surface area (Å²) in [6.07, 6.45) is 4.21. The number of benzene rings is 2. The second-order valence-electron chi connectivity index (χ2n) is 11.0. The van der Waals surface area contributed by atoms with Gasteiger partial charge in [-0.1, -0.05) is 38.0 Å². The van der Waals surface area contributed by atoms with E-state index >= 15 is 0 Å². The van der Waals surface area contributed by atoms with Crippen molar-refractivity contribution in [1.82, 2.24) is 15.6 Å². The summed E-state index contributed by atoms with van der Waals surface area (Å²) in [4.78, 5) is 6.86. The van der Waals surface area contributed by atoms with E-state index in [1.54, 1.807) is 12.1 Å². The van der Waals surface area contributed by atoms with Gasteiger partial charge in [0.05, 0.1) is 5.56 Å². The number of halogens is 3. The molecule has 0 spiro atoms. The van der Waals surface area contributed by atoms with Crippen LogP contribution in [0.5, 0.6) is 0 Å². The quantitative estimate of drug-likeness (QED) is 0.271. The van der Waals surface area contributed by atoms with Crippen molar-refractivity contribution in [3.63, 3.8) is 0 Å². The minimum atomic E-state index is -4.31. The van der Waals surface area contributed by atoms with Gasteiger partial charge in [-0.2, -0.15) is 13.2 Å². The Morgan fingerprint density at radius 1 is 0.900 bits per heavy atom. The van der Waals surface area contributed by atoms with E-state index in [1.165, 1.54) is 36.1 Å². The molecule has 214 valence electrons. The number of anilines is 2. The van der Waals surface area contributed by atoms with Crippen LogP contribution in [0.3, 0.4) is 0 Å². The maximum absolute atomic E-state index is 13.0. The first kappa shape index (κ1) is 28.4. The van der Waals surface area contributed by atoms with E-state index < -0.39 is 11.7 Å². The van der Waals surface area contributed by atoms with E-state index in [4.69, 9.17) is 0 Å². The molecule has 3 N–H and O–H groups in total. The van der Waals surface area contributed by atoms with E-state index in [9.17, 15) is 13.2 Å². The van der Waals surface area contributed by atoms with Crippen LogP contribution in [0.15, 0.2) is 66.9 Å². The van der Waals surface area contributed by atoms with Crippen LogP contribution in [0, 0.1) is 0 Å². The lowest BCUT2D eigenvalue weighted by atomic mass is 9.89. The summed E-state index contributed by atoms with van der Waals surface area (Å²) >= 11 is 0. The Hall–Kier alpha value is -3.10. The highest BCUT2D eigenvalue weighted by atomic mass is 19.4. The molecule has 0 bridgehead atoms. The fourth-order valence-electron chi connectivity index (χ4n) is 6.02. The molecule has 2 heterocycles. The molecule has 2 aliphatic rings. The van der Waals surface area contributed by atoms with Gasteiger partial charge in [-0.05, 0) is 91.4 Å². The molecular formula is C32H40F3N5. The van der Waals surface area contributed by atoms with Crippen LogP contribution >= 0.6 is 0 Å². The third kappa shape index (κ3) is 7.34. The van der Waals surface area contributed by atoms with Crippen molar-refractivity contribution >= 4 is 11.5 Å². The van der Waals surface area contributed by atoms with Crippen molar-refractivity contribution in [3.05, 3.63) is 78.0 Å². The zero-order chi connectivity index (χ0) is 28.0. The molecule has 1 aliphatic heterocycles. The lowest BCUT2D eigenvalue weighted by Gasteiger charge is -2.40. The summed E-state index contributed by atoms with van der Waals surface area (Å²) in [6, 6.07) is 19.3. The van der Waals surface area contributed by atoms with Crippen molar-refractivity contribution in [2.75, 3.05) is 29.9 Å². The van der Waals surface area contributed by atoms with Gasteiger partial charge in [-0.15, -0.1) is 0 Å². The minimum Gasteiger partial charge on any atom is -0.370 e. The number of rotatable bonds is 9. The Balaban J connectivity index is 1.22. The normalized spacial score (nSPS) is 21.8. The third-order valence-corrected chi connectivity index (χ3v) is 8.13. The highest BCUT2D eigenvalue weighted by Gasteiger charge is 2.32. The van der Waals surface area contributed by atoms with Gasteiger partial charge in [-0.3, -0.25) is 0 Å². The van der Waals surface area contributed by atoms with Gasteiger partial charge in [-0.25, -0.2) is 4.98 Å². The summed E-state index contributed by atoms with van der Waals surface area (Å²) in [5.74, 6) is 0.892. The maximum Gasteiger partial charge on any atom is 0.416 e. The van der Waals surface area contributed by atoms with Gasteiger partial charge in [0.15, 0.2) is 0 Å². The second kappa shape index (κ2) is 13.0. The van der Waals surface area contributed by atoms with Crippen LogP contribution < -0.4 is 20.9 Å². The Morgan fingerprint density at radius 3 is 2.45 bits per heavy atom. The first-order valence-electron chi connectivity index (χ1n) is 14.6. The highest BCUT2D eigenvalue weighted by molar-refractivity contribution is 5.67. The first-order valence-corrected chi connectivity index (χ1v) is 14.6. The molecule has 1 aromatic heterocycles. The molecule has 2 fully saturated rings. The number of hydrogen-bond donors (Lipinski definition) is 3. The van der Waals surface area contributed by atoms with E-state index in [2.05, 4.69) is 69.2 Å². The SMILES string of the molecule is CCNCc1cccc(-c2ccnc(N[C@@H]3CCCC[C@H]3N[C@H]3CCCN(c4ccc(C(F)(F)F)cc4)C3)c2)c1. The summed E-state index contributed by atoms with van der Waals surface area (Å²) in [5.41, 5.74) is 3.85. The molecule has 1 saturated heterocycles. The molecule has 40 heavy (non-hydrogen) atoms. The van der Waals surface area contributed by atoms with Gasteiger partial charge >= 0.3 is 6.18 Å². The van der Waals surface area contributed by atoms with Crippen molar-refractivity contribution in [1.29, 1.82) is 0 Å². The number of alkyl halides is 3. The average molecular weight is 552 g/mol. The molecule has 5 nitrogen and oxygen atoms in total. The fourth-order valence-corrected chi connectivity index (χ4v) is 6.02. The predicted octanol–water partition coefficient (Wildman–Crippen LogP) is 6.86. The van der Waals surface area contributed by atoms with Crippen LogP contribution in [0.1, 0.15) is 56.6 Å². The topological polar surface area (TPSA) is 52.2 Å². The molecule has 2 aromatic carbocycles. The molecule has 1 saturated carbocycles. The minimum absolute atomic E-state index is 0.276. The van der Waals surface area contributed by atoms with Crippen molar-refractivity contribution < 1.29 is 13.2 Å². The zero-order valence-corrected chi connectivity index (χ0v) is 23.2. The Morgan fingerprint density at radius 2 is 1.68 bits per heavy atom. The highest BCUT2D eigenvalue weighted by Crippen LogP contribution is 2.32.